The lowest BCUT2D eigenvalue weighted by atomic mass is 9.83. The van der Waals surface area contributed by atoms with Gasteiger partial charge < -0.3 is 20.1 Å². The predicted octanol–water partition coefficient (Wildman–Crippen LogP) is 6.16. The predicted molar refractivity (Wildman–Crippen MR) is 146 cm³/mol. The highest BCUT2D eigenvalue weighted by molar-refractivity contribution is 6.36. The van der Waals surface area contributed by atoms with Crippen molar-refractivity contribution in [3.8, 4) is 11.3 Å². The van der Waals surface area contributed by atoms with Crippen LogP contribution in [0, 0.1) is 11.8 Å². The number of rotatable bonds is 9. The van der Waals surface area contributed by atoms with Crippen LogP contribution in [-0.2, 0) is 15.9 Å². The molecule has 2 aliphatic heterocycles. The van der Waals surface area contributed by atoms with Crippen molar-refractivity contribution in [1.82, 2.24) is 15.3 Å². The van der Waals surface area contributed by atoms with Gasteiger partial charge in [-0.25, -0.2) is 4.98 Å². The Bertz CT molecular complexity index is 988. The van der Waals surface area contributed by atoms with Crippen LogP contribution in [0.15, 0.2) is 24.4 Å². The van der Waals surface area contributed by atoms with Gasteiger partial charge in [-0.1, -0.05) is 23.2 Å². The van der Waals surface area contributed by atoms with Crippen LogP contribution in [0.1, 0.15) is 57.1 Å². The van der Waals surface area contributed by atoms with Gasteiger partial charge in [-0.3, -0.25) is 4.98 Å². The van der Waals surface area contributed by atoms with E-state index in [9.17, 15) is 0 Å². The van der Waals surface area contributed by atoms with E-state index in [1.165, 1.54) is 44.9 Å². The molecule has 2 atom stereocenters. The molecule has 8 heteroatoms. The highest BCUT2D eigenvalue weighted by atomic mass is 35.5. The maximum Gasteiger partial charge on any atom is 0.126 e. The topological polar surface area (TPSA) is 68.3 Å². The van der Waals surface area contributed by atoms with E-state index >= 15 is 0 Å². The van der Waals surface area contributed by atoms with Gasteiger partial charge in [0, 0.05) is 49.8 Å². The number of ether oxygens (including phenoxy) is 2. The fourth-order valence-electron chi connectivity index (χ4n) is 5.69. The number of nitrogens with zero attached hydrogens (tertiary/aromatic N) is 2. The van der Waals surface area contributed by atoms with Gasteiger partial charge in [-0.05, 0) is 87.8 Å². The standard InChI is InChI=1S/C28H38Cl2N4O2/c29-25-9-10-27(33-15-20-3-1-11-35-18-20)34-28(25)24-14-22(32-17-26(24)30)13-19-5-7-21(8-6-19)31-16-23-4-2-12-36-23/h9-10,14,17,19-21,23,31H,1-8,11-13,15-16,18H2,(H,33,34)/t19?,20?,21?,23-/m1/s1. The molecule has 3 aliphatic rings. The first-order valence-electron chi connectivity index (χ1n) is 13.6. The molecule has 2 aromatic rings. The minimum absolute atomic E-state index is 0.412. The van der Waals surface area contributed by atoms with Crippen LogP contribution in [0.5, 0.6) is 0 Å². The summed E-state index contributed by atoms with van der Waals surface area (Å²) in [4.78, 5) is 9.48. The fraction of sp³-hybridized carbons (Fsp3) is 0.643. The second kappa shape index (κ2) is 12.9. The lowest BCUT2D eigenvalue weighted by Crippen LogP contribution is -2.38. The number of anilines is 1. The quantitative estimate of drug-likeness (QED) is 0.403. The third kappa shape index (κ3) is 7.11. The smallest absolute Gasteiger partial charge is 0.126 e. The molecule has 0 amide bonds. The lowest BCUT2D eigenvalue weighted by Gasteiger charge is -2.30. The highest BCUT2D eigenvalue weighted by Crippen LogP contribution is 2.34. The first-order valence-corrected chi connectivity index (χ1v) is 14.4. The van der Waals surface area contributed by atoms with Crippen molar-refractivity contribution >= 4 is 29.0 Å². The van der Waals surface area contributed by atoms with Crippen LogP contribution in [0.4, 0.5) is 5.82 Å². The Balaban J connectivity index is 1.18. The van der Waals surface area contributed by atoms with Crippen molar-refractivity contribution in [2.24, 2.45) is 11.8 Å². The molecule has 1 unspecified atom stereocenters. The summed E-state index contributed by atoms with van der Waals surface area (Å²) in [6.45, 7) is 4.44. The zero-order chi connectivity index (χ0) is 24.7. The SMILES string of the molecule is Clc1cnc(CC2CCC(NC[C@H]3CCCO3)CC2)cc1-c1nc(NCC2CCCOC2)ccc1Cl. The summed E-state index contributed by atoms with van der Waals surface area (Å²) in [7, 11) is 0. The van der Waals surface area contributed by atoms with E-state index in [2.05, 4.69) is 21.7 Å². The summed E-state index contributed by atoms with van der Waals surface area (Å²) in [5, 5.41) is 8.37. The Kier molecular flexibility index (Phi) is 9.37. The van der Waals surface area contributed by atoms with Crippen molar-refractivity contribution in [1.29, 1.82) is 0 Å². The van der Waals surface area contributed by atoms with Gasteiger partial charge in [0.15, 0.2) is 0 Å². The van der Waals surface area contributed by atoms with Gasteiger partial charge in [0.1, 0.15) is 5.82 Å². The molecule has 0 radical (unpaired) electrons. The Morgan fingerprint density at radius 3 is 2.56 bits per heavy atom. The largest absolute Gasteiger partial charge is 0.381 e. The molecule has 36 heavy (non-hydrogen) atoms. The molecule has 6 nitrogen and oxygen atoms in total. The first kappa shape index (κ1) is 26.2. The Labute approximate surface area is 224 Å². The summed E-state index contributed by atoms with van der Waals surface area (Å²) < 4.78 is 11.4. The molecule has 2 N–H and O–H groups in total. The molecular weight excluding hydrogens is 495 g/mol. The van der Waals surface area contributed by atoms with Crippen LogP contribution in [0.25, 0.3) is 11.3 Å². The van der Waals surface area contributed by atoms with E-state index in [1.807, 2.05) is 12.1 Å². The van der Waals surface area contributed by atoms with Crippen LogP contribution in [0.3, 0.4) is 0 Å². The van der Waals surface area contributed by atoms with Crippen molar-refractivity contribution in [2.45, 2.75) is 69.9 Å². The number of hydrogen-bond acceptors (Lipinski definition) is 6. The molecule has 4 heterocycles. The maximum atomic E-state index is 6.59. The van der Waals surface area contributed by atoms with E-state index in [0.29, 0.717) is 39.7 Å². The van der Waals surface area contributed by atoms with E-state index in [-0.39, 0.29) is 0 Å². The molecule has 2 aromatic heterocycles. The van der Waals surface area contributed by atoms with Crippen LogP contribution < -0.4 is 10.6 Å². The summed E-state index contributed by atoms with van der Waals surface area (Å²) in [6, 6.07) is 6.51. The van der Waals surface area contributed by atoms with Gasteiger partial charge in [-0.15, -0.1) is 0 Å². The third-order valence-corrected chi connectivity index (χ3v) is 8.45. The maximum absolute atomic E-state index is 6.59. The van der Waals surface area contributed by atoms with Gasteiger partial charge in [0.25, 0.3) is 0 Å². The molecule has 0 spiro atoms. The average molecular weight is 534 g/mol. The molecule has 5 rings (SSSR count). The van der Waals surface area contributed by atoms with Gasteiger partial charge in [0.05, 0.1) is 28.5 Å². The number of aromatic nitrogens is 2. The van der Waals surface area contributed by atoms with Crippen molar-refractivity contribution in [3.63, 3.8) is 0 Å². The second-order valence-electron chi connectivity index (χ2n) is 10.6. The molecule has 1 saturated carbocycles. The molecule has 0 bridgehead atoms. The van der Waals surface area contributed by atoms with Crippen LogP contribution in [-0.4, -0.2) is 55.0 Å². The molecule has 2 saturated heterocycles. The minimum atomic E-state index is 0.412. The van der Waals surface area contributed by atoms with E-state index in [0.717, 1.165) is 62.8 Å². The summed E-state index contributed by atoms with van der Waals surface area (Å²) in [5.74, 6) is 1.96. The van der Waals surface area contributed by atoms with E-state index in [1.54, 1.807) is 6.20 Å². The van der Waals surface area contributed by atoms with Crippen molar-refractivity contribution < 1.29 is 9.47 Å². The summed E-state index contributed by atoms with van der Waals surface area (Å²) in [5.41, 5.74) is 2.61. The second-order valence-corrected chi connectivity index (χ2v) is 11.4. The van der Waals surface area contributed by atoms with E-state index in [4.69, 9.17) is 37.7 Å². The average Bonchev–Trinajstić information content (AvgIpc) is 3.43. The zero-order valence-corrected chi connectivity index (χ0v) is 22.5. The zero-order valence-electron chi connectivity index (χ0n) is 21.0. The number of pyridine rings is 2. The Morgan fingerprint density at radius 2 is 1.78 bits per heavy atom. The van der Waals surface area contributed by atoms with E-state index < -0.39 is 0 Å². The minimum Gasteiger partial charge on any atom is -0.381 e. The summed E-state index contributed by atoms with van der Waals surface area (Å²) >= 11 is 13.2. The lowest BCUT2D eigenvalue weighted by molar-refractivity contribution is 0.0595. The number of nitrogens with one attached hydrogen (secondary N) is 2. The number of halogens is 2. The molecule has 3 fully saturated rings. The van der Waals surface area contributed by atoms with Gasteiger partial charge >= 0.3 is 0 Å². The van der Waals surface area contributed by atoms with Crippen molar-refractivity contribution in [3.05, 3.63) is 40.1 Å². The molecule has 0 aromatic carbocycles. The van der Waals surface area contributed by atoms with Crippen LogP contribution >= 0.6 is 23.2 Å². The Morgan fingerprint density at radius 1 is 0.917 bits per heavy atom. The third-order valence-electron chi connectivity index (χ3n) is 7.84. The van der Waals surface area contributed by atoms with Gasteiger partial charge in [-0.2, -0.15) is 0 Å². The van der Waals surface area contributed by atoms with Crippen molar-refractivity contribution in [2.75, 3.05) is 38.2 Å². The van der Waals surface area contributed by atoms with Crippen LogP contribution in [0.2, 0.25) is 10.0 Å². The molecule has 196 valence electrons. The van der Waals surface area contributed by atoms with Gasteiger partial charge in [0.2, 0.25) is 0 Å². The summed E-state index contributed by atoms with van der Waals surface area (Å²) in [6.07, 6.45) is 12.7. The first-order chi connectivity index (χ1) is 17.6. The Hall–Kier alpha value is -1.44. The molecule has 1 aliphatic carbocycles. The molecular formula is C28H38Cl2N4O2. The highest BCUT2D eigenvalue weighted by Gasteiger charge is 2.24. The fourth-order valence-corrected chi connectivity index (χ4v) is 6.09. The number of hydrogen-bond donors (Lipinski definition) is 2. The monoisotopic (exact) mass is 532 g/mol. The normalized spacial score (nSPS) is 26.7.